The molecule has 0 saturated heterocycles. The van der Waals surface area contributed by atoms with Gasteiger partial charge in [0, 0.05) is 0 Å². The van der Waals surface area contributed by atoms with Crippen LogP contribution in [0.2, 0.25) is 0 Å². The van der Waals surface area contributed by atoms with Gasteiger partial charge in [-0.3, -0.25) is 0 Å². The maximum absolute atomic E-state index is 11.5. The summed E-state index contributed by atoms with van der Waals surface area (Å²) in [5, 5.41) is 0. The van der Waals surface area contributed by atoms with E-state index in [1.807, 2.05) is 0 Å². The van der Waals surface area contributed by atoms with Gasteiger partial charge < -0.3 is 4.74 Å². The number of carbonyl (C=O) groups excluding carboxylic acids is 1. The van der Waals surface area contributed by atoms with Crippen LogP contribution in [0.3, 0.4) is 0 Å². The molecule has 12 heavy (non-hydrogen) atoms. The van der Waals surface area contributed by atoms with Gasteiger partial charge in [0.15, 0.2) is 6.10 Å². The Hall–Kier alpha value is -0.880. The van der Waals surface area contributed by atoms with Crippen LogP contribution >= 0.6 is 0 Å². The predicted octanol–water partition coefficient (Wildman–Crippen LogP) is 1.40. The quantitative estimate of drug-likeness (QED) is 0.499. The zero-order valence-corrected chi connectivity index (χ0v) is 5.70. The zero-order chi connectivity index (χ0) is 9.78. The standard InChI is InChI=1S/C5H5F5O2/c6-1-3(2-7)12-4(11)5(8,9)10/h3H,1-2H2. The van der Waals surface area contributed by atoms with Crippen molar-refractivity contribution in [3.8, 4) is 0 Å². The van der Waals surface area contributed by atoms with E-state index < -0.39 is 31.6 Å². The molecule has 0 amide bonds. The number of esters is 1. The van der Waals surface area contributed by atoms with Crippen molar-refractivity contribution in [3.05, 3.63) is 0 Å². The van der Waals surface area contributed by atoms with Gasteiger partial charge >= 0.3 is 12.1 Å². The minimum atomic E-state index is -5.21. The van der Waals surface area contributed by atoms with Crippen LogP contribution in [0.4, 0.5) is 22.0 Å². The Kier molecular flexibility index (Phi) is 3.91. The number of hydrogen-bond acceptors (Lipinski definition) is 2. The minimum Gasteiger partial charge on any atom is -0.450 e. The molecule has 0 rings (SSSR count). The highest BCUT2D eigenvalue weighted by Crippen LogP contribution is 2.17. The third-order valence-electron chi connectivity index (χ3n) is 0.849. The number of ether oxygens (including phenoxy) is 1. The van der Waals surface area contributed by atoms with Crippen molar-refractivity contribution in [2.45, 2.75) is 12.3 Å². The van der Waals surface area contributed by atoms with Crippen molar-refractivity contribution in [1.29, 1.82) is 0 Å². The highest BCUT2D eigenvalue weighted by molar-refractivity contribution is 5.75. The van der Waals surface area contributed by atoms with Gasteiger partial charge in [0.1, 0.15) is 13.3 Å². The molecule has 0 aromatic carbocycles. The summed E-state index contributed by atoms with van der Waals surface area (Å²) in [5.41, 5.74) is 0. The first-order valence-corrected chi connectivity index (χ1v) is 2.81. The third-order valence-corrected chi connectivity index (χ3v) is 0.849. The lowest BCUT2D eigenvalue weighted by Gasteiger charge is -2.11. The van der Waals surface area contributed by atoms with Crippen LogP contribution in [0.5, 0.6) is 0 Å². The van der Waals surface area contributed by atoms with Crippen LogP contribution in [0.15, 0.2) is 0 Å². The summed E-state index contributed by atoms with van der Waals surface area (Å²) in [4.78, 5) is 9.91. The van der Waals surface area contributed by atoms with Crippen LogP contribution in [0.1, 0.15) is 0 Å². The van der Waals surface area contributed by atoms with Crippen LogP contribution in [0.25, 0.3) is 0 Å². The molecule has 0 spiro atoms. The summed E-state index contributed by atoms with van der Waals surface area (Å²) in [6.45, 7) is -2.95. The van der Waals surface area contributed by atoms with E-state index >= 15 is 0 Å². The molecule has 0 fully saturated rings. The lowest BCUT2D eigenvalue weighted by atomic mass is 10.4. The summed E-state index contributed by atoms with van der Waals surface area (Å²) < 4.78 is 60.5. The van der Waals surface area contributed by atoms with E-state index in [1.165, 1.54) is 0 Å². The fourth-order valence-corrected chi connectivity index (χ4v) is 0.322. The molecule has 0 aliphatic rings. The smallest absolute Gasteiger partial charge is 0.450 e. The average molecular weight is 192 g/mol. The van der Waals surface area contributed by atoms with Gasteiger partial charge in [-0.05, 0) is 0 Å². The van der Waals surface area contributed by atoms with Crippen molar-refractivity contribution in [3.63, 3.8) is 0 Å². The van der Waals surface area contributed by atoms with E-state index in [1.54, 1.807) is 0 Å². The van der Waals surface area contributed by atoms with Gasteiger partial charge in [0.2, 0.25) is 0 Å². The second-order valence-corrected chi connectivity index (χ2v) is 1.83. The number of halogens is 5. The molecule has 0 aliphatic heterocycles. The summed E-state index contributed by atoms with van der Waals surface area (Å²) in [7, 11) is 0. The SMILES string of the molecule is O=C(OC(CF)CF)C(F)(F)F. The molecule has 72 valence electrons. The Morgan fingerprint density at radius 1 is 1.25 bits per heavy atom. The van der Waals surface area contributed by atoms with E-state index in [-0.39, 0.29) is 0 Å². The van der Waals surface area contributed by atoms with Gasteiger partial charge in [-0.1, -0.05) is 0 Å². The summed E-state index contributed by atoms with van der Waals surface area (Å²) in [5.74, 6) is -2.58. The second kappa shape index (κ2) is 4.22. The van der Waals surface area contributed by atoms with E-state index in [4.69, 9.17) is 0 Å². The largest absolute Gasteiger partial charge is 0.490 e. The minimum absolute atomic E-state index is 1.47. The van der Waals surface area contributed by atoms with E-state index in [0.717, 1.165) is 0 Å². The molecule has 7 heteroatoms. The molecule has 0 aliphatic carbocycles. The fraction of sp³-hybridized carbons (Fsp3) is 0.800. The Morgan fingerprint density at radius 3 is 1.92 bits per heavy atom. The lowest BCUT2D eigenvalue weighted by Crippen LogP contribution is -2.32. The molecule has 0 atom stereocenters. The number of carbonyl (C=O) groups is 1. The Balaban J connectivity index is 3.99. The lowest BCUT2D eigenvalue weighted by molar-refractivity contribution is -0.206. The van der Waals surface area contributed by atoms with Crippen molar-refractivity contribution in [2.75, 3.05) is 13.3 Å². The molecule has 0 bridgehead atoms. The molecule has 0 aromatic heterocycles. The van der Waals surface area contributed by atoms with Crippen molar-refractivity contribution in [1.82, 2.24) is 0 Å². The van der Waals surface area contributed by atoms with Crippen molar-refractivity contribution >= 4 is 5.97 Å². The molecule has 0 saturated carbocycles. The average Bonchev–Trinajstić information content (AvgIpc) is 1.97. The van der Waals surface area contributed by atoms with Crippen LogP contribution < -0.4 is 0 Å². The first kappa shape index (κ1) is 11.1. The van der Waals surface area contributed by atoms with Crippen LogP contribution in [-0.2, 0) is 9.53 Å². The summed E-state index contributed by atoms with van der Waals surface area (Å²) in [6.07, 6.45) is -7.16. The van der Waals surface area contributed by atoms with Gasteiger partial charge in [0.05, 0.1) is 0 Å². The Morgan fingerprint density at radius 2 is 1.67 bits per heavy atom. The second-order valence-electron chi connectivity index (χ2n) is 1.83. The van der Waals surface area contributed by atoms with E-state index in [2.05, 4.69) is 4.74 Å². The van der Waals surface area contributed by atoms with Crippen LogP contribution in [0, 0.1) is 0 Å². The molecular weight excluding hydrogens is 187 g/mol. The predicted molar refractivity (Wildman–Crippen MR) is 27.9 cm³/mol. The van der Waals surface area contributed by atoms with E-state index in [0.29, 0.717) is 0 Å². The molecular formula is C5H5F5O2. The van der Waals surface area contributed by atoms with Gasteiger partial charge in [-0.25, -0.2) is 13.6 Å². The van der Waals surface area contributed by atoms with Gasteiger partial charge in [0.25, 0.3) is 0 Å². The molecule has 0 heterocycles. The summed E-state index contributed by atoms with van der Waals surface area (Å²) >= 11 is 0. The van der Waals surface area contributed by atoms with Crippen molar-refractivity contribution < 1.29 is 31.5 Å². The van der Waals surface area contributed by atoms with Gasteiger partial charge in [-0.15, -0.1) is 0 Å². The van der Waals surface area contributed by atoms with Crippen LogP contribution in [-0.4, -0.2) is 31.6 Å². The molecule has 2 nitrogen and oxygen atoms in total. The molecule has 0 aromatic rings. The fourth-order valence-electron chi connectivity index (χ4n) is 0.322. The molecule has 0 N–H and O–H groups in total. The number of rotatable bonds is 3. The topological polar surface area (TPSA) is 26.3 Å². The van der Waals surface area contributed by atoms with Gasteiger partial charge in [-0.2, -0.15) is 13.2 Å². The third kappa shape index (κ3) is 3.49. The molecule has 0 unspecified atom stereocenters. The number of hydrogen-bond donors (Lipinski definition) is 0. The maximum Gasteiger partial charge on any atom is 0.490 e. The monoisotopic (exact) mass is 192 g/mol. The van der Waals surface area contributed by atoms with E-state index in [9.17, 15) is 26.7 Å². The normalized spacial score (nSPS) is 11.8. The first-order valence-electron chi connectivity index (χ1n) is 2.81. The Labute approximate surface area is 64.3 Å². The summed E-state index contributed by atoms with van der Waals surface area (Å²) in [6, 6.07) is 0. The number of alkyl halides is 5. The molecule has 0 radical (unpaired) electrons. The highest BCUT2D eigenvalue weighted by atomic mass is 19.4. The Bertz CT molecular complexity index is 150. The van der Waals surface area contributed by atoms with Crippen molar-refractivity contribution in [2.24, 2.45) is 0 Å². The zero-order valence-electron chi connectivity index (χ0n) is 5.70. The maximum atomic E-state index is 11.5. The first-order chi connectivity index (χ1) is 5.41. The highest BCUT2D eigenvalue weighted by Gasteiger charge is 2.42.